The lowest BCUT2D eigenvalue weighted by atomic mass is 10.2. The highest BCUT2D eigenvalue weighted by Crippen LogP contribution is 2.24. The molecule has 1 unspecified atom stereocenters. The summed E-state index contributed by atoms with van der Waals surface area (Å²) in [6, 6.07) is 3.78. The van der Waals surface area contributed by atoms with Gasteiger partial charge in [-0.2, -0.15) is 0 Å². The number of halogens is 1. The van der Waals surface area contributed by atoms with Gasteiger partial charge in [0.2, 0.25) is 0 Å². The second-order valence-electron chi connectivity index (χ2n) is 4.89. The van der Waals surface area contributed by atoms with Gasteiger partial charge in [0.1, 0.15) is 17.6 Å². The fourth-order valence-electron chi connectivity index (χ4n) is 2.35. The minimum atomic E-state index is -0.153. The summed E-state index contributed by atoms with van der Waals surface area (Å²) >= 11 is 5.85. The van der Waals surface area contributed by atoms with Crippen molar-refractivity contribution in [3.05, 3.63) is 47.1 Å². The fourth-order valence-corrected chi connectivity index (χ4v) is 2.46. The van der Waals surface area contributed by atoms with Gasteiger partial charge in [-0.15, -0.1) is 0 Å². The van der Waals surface area contributed by atoms with Crippen LogP contribution in [0.25, 0.3) is 0 Å². The number of ether oxygens (including phenoxy) is 1. The summed E-state index contributed by atoms with van der Waals surface area (Å²) in [6.07, 6.45) is 4.72. The van der Waals surface area contributed by atoms with Gasteiger partial charge in [-0.3, -0.25) is 14.9 Å². The summed E-state index contributed by atoms with van der Waals surface area (Å²) in [6.45, 7) is 2.94. The van der Waals surface area contributed by atoms with Gasteiger partial charge in [0.05, 0.1) is 17.3 Å². The van der Waals surface area contributed by atoms with Crippen LogP contribution in [0.2, 0.25) is 5.02 Å². The molecule has 0 saturated carbocycles. The van der Waals surface area contributed by atoms with E-state index in [0.29, 0.717) is 29.7 Å². The first-order chi connectivity index (χ1) is 10.2. The largest absolute Gasteiger partial charge is 0.382 e. The Morgan fingerprint density at radius 3 is 2.90 bits per heavy atom. The van der Waals surface area contributed by atoms with Gasteiger partial charge in [0.15, 0.2) is 0 Å². The lowest BCUT2D eigenvalue weighted by Gasteiger charge is -2.32. The Balaban J connectivity index is 1.68. The van der Waals surface area contributed by atoms with Gasteiger partial charge >= 0.3 is 0 Å². The third-order valence-electron chi connectivity index (χ3n) is 3.39. The topological polar surface area (TPSA) is 77.2 Å². The Bertz CT molecular complexity index is 607. The standard InChI is InChI=1S/C14H16ClN5O/c15-10-1-2-11(19-7-10)8-20-5-6-21-12(9-20)13-14(16)18-4-3-17-13/h1-4,7,12H,5-6,8-9H2,(H2,16,18). The molecule has 2 N–H and O–H groups in total. The minimum Gasteiger partial charge on any atom is -0.382 e. The smallest absolute Gasteiger partial charge is 0.147 e. The van der Waals surface area contributed by atoms with Gasteiger partial charge in [-0.1, -0.05) is 11.6 Å². The van der Waals surface area contributed by atoms with E-state index in [-0.39, 0.29) is 6.10 Å². The number of pyridine rings is 1. The van der Waals surface area contributed by atoms with E-state index in [4.69, 9.17) is 22.1 Å². The zero-order valence-electron chi connectivity index (χ0n) is 11.4. The zero-order valence-corrected chi connectivity index (χ0v) is 12.2. The third kappa shape index (κ3) is 3.47. The van der Waals surface area contributed by atoms with Crippen LogP contribution >= 0.6 is 11.6 Å². The summed E-state index contributed by atoms with van der Waals surface area (Å²) in [7, 11) is 0. The molecule has 3 heterocycles. The van der Waals surface area contributed by atoms with Crippen molar-refractivity contribution in [3.8, 4) is 0 Å². The molecule has 0 aliphatic carbocycles. The van der Waals surface area contributed by atoms with Crippen molar-refractivity contribution in [1.82, 2.24) is 19.9 Å². The van der Waals surface area contributed by atoms with Crippen molar-refractivity contribution in [2.75, 3.05) is 25.4 Å². The Labute approximate surface area is 127 Å². The molecule has 6 nitrogen and oxygen atoms in total. The number of hydrogen-bond acceptors (Lipinski definition) is 6. The molecule has 7 heteroatoms. The number of nitrogens with zero attached hydrogens (tertiary/aromatic N) is 4. The molecule has 0 aromatic carbocycles. The number of anilines is 1. The maximum absolute atomic E-state index is 5.87. The molecule has 0 amide bonds. The first kappa shape index (κ1) is 14.2. The van der Waals surface area contributed by atoms with E-state index in [0.717, 1.165) is 18.8 Å². The normalized spacial score (nSPS) is 19.6. The molecule has 0 bridgehead atoms. The van der Waals surface area contributed by atoms with Crippen LogP contribution < -0.4 is 5.73 Å². The first-order valence-corrected chi connectivity index (χ1v) is 7.11. The average molecular weight is 306 g/mol. The Hall–Kier alpha value is -1.76. The number of nitrogens with two attached hydrogens (primary N) is 1. The lowest BCUT2D eigenvalue weighted by molar-refractivity contribution is -0.0350. The summed E-state index contributed by atoms with van der Waals surface area (Å²) in [5.41, 5.74) is 7.55. The quantitative estimate of drug-likeness (QED) is 0.929. The number of aromatic nitrogens is 3. The fraction of sp³-hybridized carbons (Fsp3) is 0.357. The highest BCUT2D eigenvalue weighted by molar-refractivity contribution is 6.30. The second-order valence-corrected chi connectivity index (χ2v) is 5.33. The lowest BCUT2D eigenvalue weighted by Crippen LogP contribution is -2.38. The highest BCUT2D eigenvalue weighted by Gasteiger charge is 2.25. The molecule has 3 rings (SSSR count). The highest BCUT2D eigenvalue weighted by atomic mass is 35.5. The van der Waals surface area contributed by atoms with Crippen molar-refractivity contribution in [1.29, 1.82) is 0 Å². The molecule has 21 heavy (non-hydrogen) atoms. The maximum Gasteiger partial charge on any atom is 0.147 e. The van der Waals surface area contributed by atoms with Gasteiger partial charge in [0.25, 0.3) is 0 Å². The van der Waals surface area contributed by atoms with Crippen LogP contribution in [0.3, 0.4) is 0 Å². The van der Waals surface area contributed by atoms with Crippen LogP contribution in [0.1, 0.15) is 17.5 Å². The second kappa shape index (κ2) is 6.34. The molecule has 1 fully saturated rings. The summed E-state index contributed by atoms with van der Waals surface area (Å²) < 4.78 is 5.77. The number of morpholine rings is 1. The average Bonchev–Trinajstić information content (AvgIpc) is 2.50. The van der Waals surface area contributed by atoms with Crippen LogP contribution in [-0.4, -0.2) is 39.5 Å². The maximum atomic E-state index is 5.87. The van der Waals surface area contributed by atoms with E-state index < -0.39 is 0 Å². The van der Waals surface area contributed by atoms with E-state index in [1.165, 1.54) is 0 Å². The van der Waals surface area contributed by atoms with E-state index >= 15 is 0 Å². The van der Waals surface area contributed by atoms with Crippen molar-refractivity contribution >= 4 is 17.4 Å². The van der Waals surface area contributed by atoms with Crippen molar-refractivity contribution in [2.24, 2.45) is 0 Å². The molecule has 1 aliphatic rings. The number of hydrogen-bond donors (Lipinski definition) is 1. The molecule has 110 valence electrons. The predicted octanol–water partition coefficient (Wildman–Crippen LogP) is 1.68. The summed E-state index contributed by atoms with van der Waals surface area (Å²) in [4.78, 5) is 14.9. The molecule has 1 aliphatic heterocycles. The monoisotopic (exact) mass is 305 g/mol. The predicted molar refractivity (Wildman–Crippen MR) is 79.7 cm³/mol. The van der Waals surface area contributed by atoms with E-state index in [9.17, 15) is 0 Å². The van der Waals surface area contributed by atoms with Gasteiger partial charge in [-0.25, -0.2) is 4.98 Å². The Morgan fingerprint density at radius 1 is 1.29 bits per heavy atom. The molecule has 0 radical (unpaired) electrons. The van der Waals surface area contributed by atoms with Crippen molar-refractivity contribution < 1.29 is 4.74 Å². The minimum absolute atomic E-state index is 0.153. The SMILES string of the molecule is Nc1nccnc1C1CN(Cc2ccc(Cl)cn2)CCO1. The van der Waals surface area contributed by atoms with E-state index in [2.05, 4.69) is 19.9 Å². The van der Waals surface area contributed by atoms with Crippen LogP contribution in [-0.2, 0) is 11.3 Å². The first-order valence-electron chi connectivity index (χ1n) is 6.73. The Kier molecular flexibility index (Phi) is 4.28. The van der Waals surface area contributed by atoms with Gasteiger partial charge in [-0.05, 0) is 12.1 Å². The number of rotatable bonds is 3. The number of nitrogen functional groups attached to an aromatic ring is 1. The molecular weight excluding hydrogens is 290 g/mol. The molecule has 1 atom stereocenters. The third-order valence-corrected chi connectivity index (χ3v) is 3.61. The van der Waals surface area contributed by atoms with Crippen molar-refractivity contribution in [3.63, 3.8) is 0 Å². The molecule has 0 spiro atoms. The van der Waals surface area contributed by atoms with E-state index in [1.54, 1.807) is 18.6 Å². The Morgan fingerprint density at radius 2 is 2.14 bits per heavy atom. The molecule has 2 aromatic heterocycles. The summed E-state index contributed by atoms with van der Waals surface area (Å²) in [5, 5.41) is 0.644. The van der Waals surface area contributed by atoms with E-state index in [1.807, 2.05) is 12.1 Å². The van der Waals surface area contributed by atoms with Crippen LogP contribution in [0.15, 0.2) is 30.7 Å². The summed E-state index contributed by atoms with van der Waals surface area (Å²) in [5.74, 6) is 0.425. The molecular formula is C14H16ClN5O. The molecule has 2 aromatic rings. The van der Waals surface area contributed by atoms with Gasteiger partial charge < -0.3 is 10.5 Å². The van der Waals surface area contributed by atoms with Crippen molar-refractivity contribution in [2.45, 2.75) is 12.6 Å². The van der Waals surface area contributed by atoms with Crippen LogP contribution in [0.4, 0.5) is 5.82 Å². The molecule has 1 saturated heterocycles. The van der Waals surface area contributed by atoms with Crippen LogP contribution in [0.5, 0.6) is 0 Å². The zero-order chi connectivity index (χ0) is 14.7. The van der Waals surface area contributed by atoms with Crippen LogP contribution in [0, 0.1) is 0 Å². The van der Waals surface area contributed by atoms with Gasteiger partial charge in [0, 0.05) is 38.2 Å².